The molecule has 1 atom stereocenters. The Balaban J connectivity index is 2.52. The summed E-state index contributed by atoms with van der Waals surface area (Å²) in [6.07, 6.45) is 0.163. The summed E-state index contributed by atoms with van der Waals surface area (Å²) in [7, 11) is 1.63. The molecule has 0 aromatic heterocycles. The lowest BCUT2D eigenvalue weighted by molar-refractivity contribution is -0.121. The van der Waals surface area contributed by atoms with Gasteiger partial charge in [0.2, 0.25) is 5.91 Å². The van der Waals surface area contributed by atoms with Crippen LogP contribution >= 0.6 is 0 Å². The van der Waals surface area contributed by atoms with Crippen molar-refractivity contribution in [2.75, 3.05) is 13.7 Å². The number of amides is 1. The molecule has 1 aromatic carbocycles. The highest BCUT2D eigenvalue weighted by molar-refractivity contribution is 5.87. The zero-order valence-corrected chi connectivity index (χ0v) is 13.0. The van der Waals surface area contributed by atoms with E-state index in [4.69, 9.17) is 9.84 Å². The number of benzene rings is 1. The molecule has 0 fully saturated rings. The Hall–Kier alpha value is -1.88. The fourth-order valence-electron chi connectivity index (χ4n) is 1.96. The van der Waals surface area contributed by atoms with Gasteiger partial charge in [-0.2, -0.15) is 0 Å². The standard InChI is InChI=1S/C16H23NO4/c1-16(2,3)13(21-4)10-17-14(18)9-11-5-7-12(8-6-11)15(19)20/h5-8,13H,9-10H2,1-4H3,(H,17,18)(H,19,20). The maximum Gasteiger partial charge on any atom is 0.335 e. The molecule has 21 heavy (non-hydrogen) atoms. The van der Waals surface area contributed by atoms with Crippen molar-refractivity contribution in [1.29, 1.82) is 0 Å². The monoisotopic (exact) mass is 293 g/mol. The molecular formula is C16H23NO4. The summed E-state index contributed by atoms with van der Waals surface area (Å²) in [5.74, 6) is -1.08. The lowest BCUT2D eigenvalue weighted by Crippen LogP contribution is -2.41. The van der Waals surface area contributed by atoms with E-state index in [0.717, 1.165) is 5.56 Å². The van der Waals surface area contributed by atoms with E-state index in [-0.39, 0.29) is 29.4 Å². The van der Waals surface area contributed by atoms with Crippen LogP contribution in [0, 0.1) is 5.41 Å². The second-order valence-electron chi connectivity index (χ2n) is 6.07. The fraction of sp³-hybridized carbons (Fsp3) is 0.500. The molecule has 0 aliphatic carbocycles. The molecular weight excluding hydrogens is 270 g/mol. The third kappa shape index (κ3) is 5.55. The first kappa shape index (κ1) is 17.2. The Morgan fingerprint density at radius 3 is 2.24 bits per heavy atom. The van der Waals surface area contributed by atoms with Gasteiger partial charge in [-0.05, 0) is 23.1 Å². The number of aromatic carboxylic acids is 1. The average molecular weight is 293 g/mol. The Labute approximate surface area is 125 Å². The van der Waals surface area contributed by atoms with Gasteiger partial charge in [0, 0.05) is 13.7 Å². The Kier molecular flexibility index (Phi) is 5.90. The van der Waals surface area contributed by atoms with Gasteiger partial charge in [0.1, 0.15) is 0 Å². The second-order valence-corrected chi connectivity index (χ2v) is 6.07. The van der Waals surface area contributed by atoms with Gasteiger partial charge in [-0.1, -0.05) is 32.9 Å². The van der Waals surface area contributed by atoms with Crippen molar-refractivity contribution < 1.29 is 19.4 Å². The minimum Gasteiger partial charge on any atom is -0.478 e. The maximum atomic E-state index is 11.9. The van der Waals surface area contributed by atoms with Crippen LogP contribution in [0.15, 0.2) is 24.3 Å². The van der Waals surface area contributed by atoms with Crippen molar-refractivity contribution in [3.05, 3.63) is 35.4 Å². The van der Waals surface area contributed by atoms with Gasteiger partial charge >= 0.3 is 5.97 Å². The molecule has 0 aliphatic rings. The topological polar surface area (TPSA) is 75.6 Å². The number of methoxy groups -OCH3 is 1. The van der Waals surface area contributed by atoms with E-state index in [2.05, 4.69) is 26.1 Å². The number of hydrogen-bond donors (Lipinski definition) is 2. The number of hydrogen-bond acceptors (Lipinski definition) is 3. The summed E-state index contributed by atoms with van der Waals surface area (Å²) < 4.78 is 5.38. The predicted molar refractivity (Wildman–Crippen MR) is 80.4 cm³/mol. The number of carboxylic acids is 1. The molecule has 1 unspecified atom stereocenters. The zero-order chi connectivity index (χ0) is 16.0. The van der Waals surface area contributed by atoms with Crippen LogP contribution in [0.1, 0.15) is 36.7 Å². The van der Waals surface area contributed by atoms with Crippen LogP contribution in [-0.2, 0) is 16.0 Å². The first-order chi connectivity index (χ1) is 9.74. The van der Waals surface area contributed by atoms with Gasteiger partial charge in [0.25, 0.3) is 0 Å². The van der Waals surface area contributed by atoms with Crippen LogP contribution in [0.3, 0.4) is 0 Å². The quantitative estimate of drug-likeness (QED) is 0.842. The van der Waals surface area contributed by atoms with E-state index in [1.165, 1.54) is 12.1 Å². The number of rotatable bonds is 6. The smallest absolute Gasteiger partial charge is 0.335 e. The highest BCUT2D eigenvalue weighted by Gasteiger charge is 2.24. The summed E-state index contributed by atoms with van der Waals surface area (Å²) in [6, 6.07) is 6.30. The van der Waals surface area contributed by atoms with E-state index in [1.807, 2.05) is 0 Å². The highest BCUT2D eigenvalue weighted by Crippen LogP contribution is 2.20. The molecule has 2 N–H and O–H groups in total. The SMILES string of the molecule is COC(CNC(=O)Cc1ccc(C(=O)O)cc1)C(C)(C)C. The zero-order valence-electron chi connectivity index (χ0n) is 13.0. The van der Waals surface area contributed by atoms with Gasteiger partial charge < -0.3 is 15.2 Å². The normalized spacial score (nSPS) is 12.8. The molecule has 116 valence electrons. The number of carbonyl (C=O) groups excluding carboxylic acids is 1. The Bertz CT molecular complexity index is 488. The van der Waals surface area contributed by atoms with E-state index in [1.54, 1.807) is 19.2 Å². The molecule has 0 spiro atoms. The summed E-state index contributed by atoms with van der Waals surface area (Å²) in [5.41, 5.74) is 0.944. The van der Waals surface area contributed by atoms with Crippen molar-refractivity contribution >= 4 is 11.9 Å². The number of ether oxygens (including phenoxy) is 1. The van der Waals surface area contributed by atoms with Crippen molar-refractivity contribution in [1.82, 2.24) is 5.32 Å². The van der Waals surface area contributed by atoms with Gasteiger partial charge in [0.05, 0.1) is 18.1 Å². The minimum absolute atomic E-state index is 0.0504. The average Bonchev–Trinajstić information content (AvgIpc) is 2.38. The van der Waals surface area contributed by atoms with Crippen molar-refractivity contribution in [3.8, 4) is 0 Å². The third-order valence-electron chi connectivity index (χ3n) is 3.30. The van der Waals surface area contributed by atoms with Crippen LogP contribution in [0.25, 0.3) is 0 Å². The molecule has 1 rings (SSSR count). The van der Waals surface area contributed by atoms with Crippen molar-refractivity contribution in [2.45, 2.75) is 33.3 Å². The minimum atomic E-state index is -0.973. The lowest BCUT2D eigenvalue weighted by atomic mass is 9.89. The van der Waals surface area contributed by atoms with Crippen molar-refractivity contribution in [3.63, 3.8) is 0 Å². The molecule has 0 radical (unpaired) electrons. The fourth-order valence-corrected chi connectivity index (χ4v) is 1.96. The molecule has 0 heterocycles. The molecule has 1 aromatic rings. The maximum absolute atomic E-state index is 11.9. The number of nitrogens with one attached hydrogen (secondary N) is 1. The summed E-state index contributed by atoms with van der Waals surface area (Å²) in [6.45, 7) is 6.61. The van der Waals surface area contributed by atoms with Crippen molar-refractivity contribution in [2.24, 2.45) is 5.41 Å². The summed E-state index contributed by atoms with van der Waals surface area (Å²) in [4.78, 5) is 22.6. The first-order valence-electron chi connectivity index (χ1n) is 6.85. The van der Waals surface area contributed by atoms with E-state index < -0.39 is 5.97 Å². The number of carboxylic acid groups (broad SMARTS) is 1. The molecule has 0 bridgehead atoms. The number of carbonyl (C=O) groups is 2. The Morgan fingerprint density at radius 1 is 1.24 bits per heavy atom. The molecule has 5 heteroatoms. The van der Waals surface area contributed by atoms with Crippen LogP contribution in [-0.4, -0.2) is 36.7 Å². The highest BCUT2D eigenvalue weighted by atomic mass is 16.5. The molecule has 1 amide bonds. The summed E-state index contributed by atoms with van der Waals surface area (Å²) >= 11 is 0. The van der Waals surface area contributed by atoms with Gasteiger partial charge in [0.15, 0.2) is 0 Å². The van der Waals surface area contributed by atoms with Crippen LogP contribution < -0.4 is 5.32 Å². The van der Waals surface area contributed by atoms with Gasteiger partial charge in [-0.15, -0.1) is 0 Å². The van der Waals surface area contributed by atoms with E-state index >= 15 is 0 Å². The first-order valence-corrected chi connectivity index (χ1v) is 6.85. The van der Waals surface area contributed by atoms with Crippen LogP contribution in [0.5, 0.6) is 0 Å². The van der Waals surface area contributed by atoms with Gasteiger partial charge in [-0.3, -0.25) is 4.79 Å². The molecule has 5 nitrogen and oxygen atoms in total. The van der Waals surface area contributed by atoms with Crippen LogP contribution in [0.2, 0.25) is 0 Å². The lowest BCUT2D eigenvalue weighted by Gasteiger charge is -2.29. The van der Waals surface area contributed by atoms with Crippen LogP contribution in [0.4, 0.5) is 0 Å². The molecule has 0 saturated heterocycles. The third-order valence-corrected chi connectivity index (χ3v) is 3.30. The Morgan fingerprint density at radius 2 is 1.81 bits per heavy atom. The molecule has 0 aliphatic heterocycles. The van der Waals surface area contributed by atoms with E-state index in [9.17, 15) is 9.59 Å². The molecule has 0 saturated carbocycles. The second kappa shape index (κ2) is 7.22. The predicted octanol–water partition coefficient (Wildman–Crippen LogP) is 2.10. The summed E-state index contributed by atoms with van der Waals surface area (Å²) in [5, 5.41) is 11.7. The van der Waals surface area contributed by atoms with E-state index in [0.29, 0.717) is 6.54 Å². The van der Waals surface area contributed by atoms with Gasteiger partial charge in [-0.25, -0.2) is 4.79 Å². The largest absolute Gasteiger partial charge is 0.478 e.